The summed E-state index contributed by atoms with van der Waals surface area (Å²) in [5, 5.41) is 19.7. The Labute approximate surface area is 153 Å². The molecule has 26 heavy (non-hydrogen) atoms. The zero-order valence-electron chi connectivity index (χ0n) is 15.1. The van der Waals surface area contributed by atoms with Gasteiger partial charge in [-0.3, -0.25) is 9.98 Å². The summed E-state index contributed by atoms with van der Waals surface area (Å²) in [5.74, 6) is 1.52. The van der Waals surface area contributed by atoms with Crippen molar-refractivity contribution < 1.29 is 19.7 Å². The van der Waals surface area contributed by atoms with Gasteiger partial charge in [-0.15, -0.1) is 0 Å². The van der Waals surface area contributed by atoms with Crippen molar-refractivity contribution in [2.45, 2.75) is 12.8 Å². The standard InChI is InChI=1S/C20H24N2O4/c1-25-17-7-5-15(19(23)11-17)13-21-9-3-4-10-22-14-16-6-8-18(26-2)12-20(16)24/h5-8,11-14,23-24H,3-4,9-10H2,1-2H3. The number of hydrogen-bond acceptors (Lipinski definition) is 6. The quantitative estimate of drug-likeness (QED) is 0.532. The molecule has 0 bridgehead atoms. The van der Waals surface area contributed by atoms with Crippen molar-refractivity contribution in [3.63, 3.8) is 0 Å². The summed E-state index contributed by atoms with van der Waals surface area (Å²) in [6, 6.07) is 10.2. The minimum atomic E-state index is 0.150. The van der Waals surface area contributed by atoms with E-state index in [2.05, 4.69) is 9.98 Å². The van der Waals surface area contributed by atoms with E-state index in [1.165, 1.54) is 0 Å². The first-order valence-electron chi connectivity index (χ1n) is 8.37. The monoisotopic (exact) mass is 356 g/mol. The second kappa shape index (κ2) is 10.1. The third-order valence-corrected chi connectivity index (χ3v) is 3.76. The van der Waals surface area contributed by atoms with Gasteiger partial charge in [-0.25, -0.2) is 0 Å². The summed E-state index contributed by atoms with van der Waals surface area (Å²) in [4.78, 5) is 8.63. The lowest BCUT2D eigenvalue weighted by Gasteiger charge is -2.03. The molecule has 2 rings (SSSR count). The number of phenolic OH excluding ortho intramolecular Hbond substituents is 2. The molecular formula is C20H24N2O4. The second-order valence-electron chi connectivity index (χ2n) is 5.63. The molecule has 0 aromatic heterocycles. The van der Waals surface area contributed by atoms with Crippen LogP contribution < -0.4 is 9.47 Å². The maximum Gasteiger partial charge on any atom is 0.128 e. The van der Waals surface area contributed by atoms with E-state index in [1.54, 1.807) is 63.0 Å². The summed E-state index contributed by atoms with van der Waals surface area (Å²) >= 11 is 0. The highest BCUT2D eigenvalue weighted by Gasteiger charge is 2.01. The van der Waals surface area contributed by atoms with Crippen molar-refractivity contribution >= 4 is 12.4 Å². The van der Waals surface area contributed by atoms with E-state index in [-0.39, 0.29) is 11.5 Å². The summed E-state index contributed by atoms with van der Waals surface area (Å²) in [6.45, 7) is 1.32. The molecule has 2 aromatic carbocycles. The van der Waals surface area contributed by atoms with Gasteiger partial charge in [0.2, 0.25) is 0 Å². The number of aliphatic imine (C=N–C) groups is 2. The van der Waals surface area contributed by atoms with Gasteiger partial charge in [-0.2, -0.15) is 0 Å². The Kier molecular flexibility index (Phi) is 7.49. The molecule has 0 fully saturated rings. The van der Waals surface area contributed by atoms with E-state index in [4.69, 9.17) is 9.47 Å². The predicted molar refractivity (Wildman–Crippen MR) is 103 cm³/mol. The van der Waals surface area contributed by atoms with Crippen LogP contribution in [0.2, 0.25) is 0 Å². The van der Waals surface area contributed by atoms with Crippen molar-refractivity contribution in [1.29, 1.82) is 0 Å². The Morgan fingerprint density at radius 1 is 0.769 bits per heavy atom. The van der Waals surface area contributed by atoms with Crippen LogP contribution in [0.1, 0.15) is 24.0 Å². The highest BCUT2D eigenvalue weighted by atomic mass is 16.5. The molecule has 0 aliphatic heterocycles. The molecule has 138 valence electrons. The number of phenols is 2. The van der Waals surface area contributed by atoms with Gasteiger partial charge >= 0.3 is 0 Å². The lowest BCUT2D eigenvalue weighted by molar-refractivity contribution is 0.407. The van der Waals surface area contributed by atoms with E-state index >= 15 is 0 Å². The Morgan fingerprint density at radius 2 is 1.19 bits per heavy atom. The zero-order chi connectivity index (χ0) is 18.8. The molecule has 2 N–H and O–H groups in total. The summed E-state index contributed by atoms with van der Waals surface area (Å²) in [5.41, 5.74) is 1.33. The van der Waals surface area contributed by atoms with Crippen LogP contribution in [0, 0.1) is 0 Å². The molecule has 0 radical (unpaired) electrons. The van der Waals surface area contributed by atoms with Crippen LogP contribution in [0.4, 0.5) is 0 Å². The zero-order valence-corrected chi connectivity index (χ0v) is 15.1. The molecule has 0 atom stereocenters. The first-order valence-corrected chi connectivity index (χ1v) is 8.37. The van der Waals surface area contributed by atoms with Gasteiger partial charge in [0.15, 0.2) is 0 Å². The minimum Gasteiger partial charge on any atom is -0.507 e. The predicted octanol–water partition coefficient (Wildman–Crippen LogP) is 3.43. The van der Waals surface area contributed by atoms with E-state index in [9.17, 15) is 10.2 Å². The number of methoxy groups -OCH3 is 2. The van der Waals surface area contributed by atoms with Crippen LogP contribution in [-0.2, 0) is 0 Å². The van der Waals surface area contributed by atoms with Crippen molar-refractivity contribution in [3.8, 4) is 23.0 Å². The summed E-state index contributed by atoms with van der Waals surface area (Å²) in [6.07, 6.45) is 5.10. The lowest BCUT2D eigenvalue weighted by atomic mass is 10.2. The van der Waals surface area contributed by atoms with Gasteiger partial charge in [-0.1, -0.05) is 0 Å². The molecule has 0 saturated carbocycles. The van der Waals surface area contributed by atoms with Gasteiger partial charge in [0.1, 0.15) is 23.0 Å². The number of ether oxygens (including phenoxy) is 2. The SMILES string of the molecule is COc1ccc(C=NCCCCN=Cc2ccc(OC)cc2O)c(O)c1. The lowest BCUT2D eigenvalue weighted by Crippen LogP contribution is -1.91. The highest BCUT2D eigenvalue weighted by molar-refractivity contribution is 5.84. The normalized spacial score (nSPS) is 11.3. The molecule has 0 amide bonds. The molecule has 0 spiro atoms. The van der Waals surface area contributed by atoms with E-state index in [0.29, 0.717) is 35.7 Å². The van der Waals surface area contributed by atoms with Crippen LogP contribution in [0.15, 0.2) is 46.4 Å². The number of aromatic hydroxyl groups is 2. The van der Waals surface area contributed by atoms with Gasteiger partial charge in [0, 0.05) is 48.8 Å². The van der Waals surface area contributed by atoms with Gasteiger partial charge in [-0.05, 0) is 37.1 Å². The number of benzene rings is 2. The Hall–Kier alpha value is -3.02. The summed E-state index contributed by atoms with van der Waals surface area (Å²) in [7, 11) is 3.11. The maximum atomic E-state index is 9.84. The minimum absolute atomic E-state index is 0.150. The van der Waals surface area contributed by atoms with Crippen LogP contribution in [0.3, 0.4) is 0 Å². The summed E-state index contributed by atoms with van der Waals surface area (Å²) < 4.78 is 10.1. The van der Waals surface area contributed by atoms with Gasteiger partial charge < -0.3 is 19.7 Å². The molecule has 0 unspecified atom stereocenters. The number of nitrogens with zero attached hydrogens (tertiary/aromatic N) is 2. The third-order valence-electron chi connectivity index (χ3n) is 3.76. The van der Waals surface area contributed by atoms with Crippen LogP contribution in [0.5, 0.6) is 23.0 Å². The van der Waals surface area contributed by atoms with Gasteiger partial charge in [0.05, 0.1) is 14.2 Å². The third kappa shape index (κ3) is 5.81. The van der Waals surface area contributed by atoms with Crippen molar-refractivity contribution in [1.82, 2.24) is 0 Å². The first-order chi connectivity index (χ1) is 12.6. The molecule has 6 heteroatoms. The second-order valence-corrected chi connectivity index (χ2v) is 5.63. The van der Waals surface area contributed by atoms with Gasteiger partial charge in [0.25, 0.3) is 0 Å². The molecule has 0 aliphatic rings. The van der Waals surface area contributed by atoms with Crippen LogP contribution >= 0.6 is 0 Å². The fourth-order valence-electron chi connectivity index (χ4n) is 2.25. The molecule has 6 nitrogen and oxygen atoms in total. The Bertz CT molecular complexity index is 707. The van der Waals surface area contributed by atoms with Crippen molar-refractivity contribution in [2.24, 2.45) is 9.98 Å². The van der Waals surface area contributed by atoms with Crippen molar-refractivity contribution in [3.05, 3.63) is 47.5 Å². The fourth-order valence-corrected chi connectivity index (χ4v) is 2.25. The molecular weight excluding hydrogens is 332 g/mol. The van der Waals surface area contributed by atoms with Crippen molar-refractivity contribution in [2.75, 3.05) is 27.3 Å². The average molecular weight is 356 g/mol. The number of unbranched alkanes of at least 4 members (excludes halogenated alkanes) is 1. The first kappa shape index (κ1) is 19.3. The highest BCUT2D eigenvalue weighted by Crippen LogP contribution is 2.22. The number of hydrogen-bond donors (Lipinski definition) is 2. The van der Waals surface area contributed by atoms with E-state index in [0.717, 1.165) is 12.8 Å². The molecule has 0 heterocycles. The van der Waals surface area contributed by atoms with E-state index in [1.807, 2.05) is 0 Å². The van der Waals surface area contributed by atoms with Crippen LogP contribution in [0.25, 0.3) is 0 Å². The topological polar surface area (TPSA) is 83.6 Å². The van der Waals surface area contributed by atoms with Crippen LogP contribution in [-0.4, -0.2) is 50.0 Å². The fraction of sp³-hybridized carbons (Fsp3) is 0.300. The molecule has 2 aromatic rings. The van der Waals surface area contributed by atoms with E-state index < -0.39 is 0 Å². The smallest absolute Gasteiger partial charge is 0.128 e. The Morgan fingerprint density at radius 3 is 1.54 bits per heavy atom. The largest absolute Gasteiger partial charge is 0.507 e. The number of rotatable bonds is 9. The molecule has 0 saturated heterocycles. The Balaban J connectivity index is 1.71. The average Bonchev–Trinajstić information content (AvgIpc) is 2.65. The maximum absolute atomic E-state index is 9.84. The molecule has 0 aliphatic carbocycles.